The van der Waals surface area contributed by atoms with E-state index in [1.165, 1.54) is 18.2 Å². The molecule has 1 aliphatic heterocycles. The van der Waals surface area contributed by atoms with E-state index in [0.717, 1.165) is 0 Å². The Hall–Kier alpha value is -1.77. The number of rotatable bonds is 3. The second-order valence-electron chi connectivity index (χ2n) is 5.89. The second kappa shape index (κ2) is 6.44. The lowest BCUT2D eigenvalue weighted by atomic mass is 10.0. The second-order valence-corrected chi connectivity index (χ2v) is 7.15. The molecule has 0 bridgehead atoms. The first-order chi connectivity index (χ1) is 12.4. The molecule has 0 amide bonds. The van der Waals surface area contributed by atoms with Gasteiger partial charge in [-0.2, -0.15) is 8.78 Å². The quantitative estimate of drug-likeness (QED) is 0.599. The van der Waals surface area contributed by atoms with E-state index >= 15 is 0 Å². The number of hydrogen-bond donors (Lipinski definition) is 1. The minimum atomic E-state index is -2.99. The molecular formula is C17H11BrClF3N2O2. The highest BCUT2D eigenvalue weighted by molar-refractivity contribution is 9.10. The lowest BCUT2D eigenvalue weighted by Gasteiger charge is -2.20. The normalized spacial score (nSPS) is 19.3. The van der Waals surface area contributed by atoms with Gasteiger partial charge in [-0.15, -0.1) is 0 Å². The molecule has 0 saturated heterocycles. The number of alkyl halides is 2. The number of aliphatic hydroxyl groups excluding tert-OH is 1. The molecule has 1 N–H and O–H groups in total. The average Bonchev–Trinajstić information content (AvgIpc) is 3.06. The Bertz CT molecular complexity index is 1010. The molecule has 0 saturated carbocycles. The number of benzene rings is 2. The van der Waals surface area contributed by atoms with Crippen molar-refractivity contribution in [1.82, 2.24) is 9.55 Å². The van der Waals surface area contributed by atoms with Crippen molar-refractivity contribution in [3.8, 4) is 5.75 Å². The molecule has 0 unspecified atom stereocenters. The highest BCUT2D eigenvalue weighted by Gasteiger charge is 2.37. The molecular weight excluding hydrogens is 437 g/mol. The molecule has 0 radical (unpaired) electrons. The van der Waals surface area contributed by atoms with Gasteiger partial charge in [0.2, 0.25) is 0 Å². The van der Waals surface area contributed by atoms with Gasteiger partial charge in [-0.1, -0.05) is 33.6 Å². The van der Waals surface area contributed by atoms with Crippen LogP contribution in [0.25, 0.3) is 11.0 Å². The highest BCUT2D eigenvalue weighted by Crippen LogP contribution is 2.46. The first-order valence-electron chi connectivity index (χ1n) is 7.65. The molecule has 0 spiro atoms. The monoisotopic (exact) mass is 446 g/mol. The van der Waals surface area contributed by atoms with Crippen LogP contribution in [0.1, 0.15) is 30.0 Å². The molecule has 4 nitrogen and oxygen atoms in total. The van der Waals surface area contributed by atoms with Gasteiger partial charge < -0.3 is 14.4 Å². The zero-order valence-corrected chi connectivity index (χ0v) is 15.3. The fourth-order valence-corrected chi connectivity index (χ4v) is 4.15. The van der Waals surface area contributed by atoms with Gasteiger partial charge in [0.05, 0.1) is 22.1 Å². The van der Waals surface area contributed by atoms with Gasteiger partial charge in [-0.25, -0.2) is 9.37 Å². The first-order valence-corrected chi connectivity index (χ1v) is 8.82. The maximum Gasteiger partial charge on any atom is 0.387 e. The minimum absolute atomic E-state index is 0.00511. The fraction of sp³-hybridized carbons (Fsp3) is 0.235. The van der Waals surface area contributed by atoms with Crippen LogP contribution in [0.2, 0.25) is 5.02 Å². The molecule has 0 aliphatic carbocycles. The fourth-order valence-electron chi connectivity index (χ4n) is 3.38. The highest BCUT2D eigenvalue weighted by atomic mass is 79.9. The summed E-state index contributed by atoms with van der Waals surface area (Å²) in [5.41, 5.74) is 1.28. The molecule has 0 fully saturated rings. The molecule has 1 aliphatic rings. The van der Waals surface area contributed by atoms with Gasteiger partial charge in [-0.05, 0) is 18.2 Å². The summed E-state index contributed by atoms with van der Waals surface area (Å²) >= 11 is 9.27. The summed E-state index contributed by atoms with van der Waals surface area (Å²) < 4.78 is 46.3. The Labute approximate surface area is 159 Å². The van der Waals surface area contributed by atoms with Crippen LogP contribution in [-0.4, -0.2) is 21.3 Å². The maximum atomic E-state index is 13.7. The number of hydrogen-bond acceptors (Lipinski definition) is 3. The molecule has 4 rings (SSSR count). The van der Waals surface area contributed by atoms with Crippen molar-refractivity contribution in [2.24, 2.45) is 0 Å². The standard InChI is InChI=1S/C17H11BrClF3N2O2/c18-7-2-1-3-14(26-17(21)22)15(7)12-6-13(25)16-23-10-5-9(20)8(19)4-11(10)24(12)16/h1-5,12-13,17,25H,6H2/t12-,13+/m1/s1. The summed E-state index contributed by atoms with van der Waals surface area (Å²) in [6, 6.07) is 6.78. The van der Waals surface area contributed by atoms with Gasteiger partial charge in [0, 0.05) is 22.5 Å². The van der Waals surface area contributed by atoms with E-state index in [1.807, 2.05) is 0 Å². The van der Waals surface area contributed by atoms with Gasteiger partial charge in [0.15, 0.2) is 0 Å². The summed E-state index contributed by atoms with van der Waals surface area (Å²) in [7, 11) is 0. The van der Waals surface area contributed by atoms with Crippen molar-refractivity contribution in [3.05, 3.63) is 57.0 Å². The van der Waals surface area contributed by atoms with E-state index in [2.05, 4.69) is 25.7 Å². The summed E-state index contributed by atoms with van der Waals surface area (Å²) in [6.07, 6.45) is -0.712. The molecule has 2 atom stereocenters. The molecule has 136 valence electrons. The number of fused-ring (bicyclic) bond motifs is 3. The van der Waals surface area contributed by atoms with Gasteiger partial charge in [-0.3, -0.25) is 0 Å². The Kier molecular flexibility index (Phi) is 4.37. The Morgan fingerprint density at radius 1 is 1.35 bits per heavy atom. The van der Waals surface area contributed by atoms with Gasteiger partial charge in [0.1, 0.15) is 23.5 Å². The molecule has 3 aromatic rings. The van der Waals surface area contributed by atoms with E-state index in [9.17, 15) is 18.3 Å². The van der Waals surface area contributed by atoms with Crippen molar-refractivity contribution in [1.29, 1.82) is 0 Å². The predicted molar refractivity (Wildman–Crippen MR) is 93.2 cm³/mol. The van der Waals surface area contributed by atoms with Crippen molar-refractivity contribution < 1.29 is 23.0 Å². The zero-order valence-electron chi connectivity index (χ0n) is 13.0. The van der Waals surface area contributed by atoms with Gasteiger partial charge in [0.25, 0.3) is 0 Å². The van der Waals surface area contributed by atoms with Crippen molar-refractivity contribution in [2.75, 3.05) is 0 Å². The topological polar surface area (TPSA) is 47.3 Å². The van der Waals surface area contributed by atoms with E-state index < -0.39 is 24.6 Å². The third kappa shape index (κ3) is 2.76. The average molecular weight is 448 g/mol. The van der Waals surface area contributed by atoms with Crippen LogP contribution >= 0.6 is 27.5 Å². The van der Waals surface area contributed by atoms with Crippen LogP contribution in [0.3, 0.4) is 0 Å². The number of aromatic nitrogens is 2. The van der Waals surface area contributed by atoms with Crippen LogP contribution in [0.5, 0.6) is 5.75 Å². The molecule has 2 heterocycles. The molecule has 2 aromatic carbocycles. The Morgan fingerprint density at radius 2 is 2.12 bits per heavy atom. The smallest absolute Gasteiger partial charge is 0.387 e. The van der Waals surface area contributed by atoms with Gasteiger partial charge >= 0.3 is 6.61 Å². The predicted octanol–water partition coefficient (Wildman–Crippen LogP) is 5.22. The first kappa shape index (κ1) is 17.6. The lowest BCUT2D eigenvalue weighted by Crippen LogP contribution is -2.11. The Balaban J connectivity index is 1.94. The summed E-state index contributed by atoms with van der Waals surface area (Å²) in [5, 5.41) is 10.3. The number of halogens is 5. The SMILES string of the molecule is O[C@H]1C[C@H](c2c(Br)cccc2OC(F)F)n2c1nc1cc(F)c(Cl)cc12. The van der Waals surface area contributed by atoms with Crippen LogP contribution in [-0.2, 0) is 0 Å². The third-order valence-electron chi connectivity index (χ3n) is 4.38. The van der Waals surface area contributed by atoms with E-state index in [4.69, 9.17) is 11.6 Å². The van der Waals surface area contributed by atoms with Crippen LogP contribution < -0.4 is 4.74 Å². The van der Waals surface area contributed by atoms with Crippen LogP contribution in [0.4, 0.5) is 13.2 Å². The number of imidazole rings is 1. The summed E-state index contributed by atoms with van der Waals surface area (Å²) in [4.78, 5) is 4.28. The van der Waals surface area contributed by atoms with E-state index in [1.54, 1.807) is 16.7 Å². The van der Waals surface area contributed by atoms with E-state index in [-0.39, 0.29) is 17.2 Å². The number of ether oxygens (including phenoxy) is 1. The van der Waals surface area contributed by atoms with Crippen molar-refractivity contribution in [3.63, 3.8) is 0 Å². The lowest BCUT2D eigenvalue weighted by molar-refractivity contribution is -0.0507. The summed E-state index contributed by atoms with van der Waals surface area (Å²) in [6.45, 7) is -2.99. The maximum absolute atomic E-state index is 13.7. The third-order valence-corrected chi connectivity index (χ3v) is 5.36. The van der Waals surface area contributed by atoms with Crippen LogP contribution in [0, 0.1) is 5.82 Å². The van der Waals surface area contributed by atoms with Crippen molar-refractivity contribution in [2.45, 2.75) is 25.2 Å². The zero-order chi connectivity index (χ0) is 18.6. The molecule has 1 aromatic heterocycles. The molecule has 26 heavy (non-hydrogen) atoms. The van der Waals surface area contributed by atoms with Crippen LogP contribution in [0.15, 0.2) is 34.8 Å². The number of aliphatic hydroxyl groups is 1. The van der Waals surface area contributed by atoms with E-state index in [0.29, 0.717) is 26.9 Å². The number of nitrogens with zero attached hydrogens (tertiary/aromatic N) is 2. The largest absolute Gasteiger partial charge is 0.434 e. The molecule has 9 heteroatoms. The summed E-state index contributed by atoms with van der Waals surface area (Å²) in [5.74, 6) is -0.301. The minimum Gasteiger partial charge on any atom is -0.434 e. The van der Waals surface area contributed by atoms with Crippen molar-refractivity contribution >= 4 is 38.6 Å². The Morgan fingerprint density at radius 3 is 2.85 bits per heavy atom.